The van der Waals surface area contributed by atoms with Gasteiger partial charge in [0.05, 0.1) is 29.8 Å². The second-order valence-electron chi connectivity index (χ2n) is 11.0. The maximum atomic E-state index is 14.3. The average Bonchev–Trinajstić information content (AvgIpc) is 3.08. The molecule has 214 valence electrons. The highest BCUT2D eigenvalue weighted by atomic mass is 16.2. The summed E-state index contributed by atoms with van der Waals surface area (Å²) >= 11 is 0. The van der Waals surface area contributed by atoms with Crippen molar-refractivity contribution in [3.8, 4) is 0 Å². The zero-order valence-corrected chi connectivity index (χ0v) is 23.9. The van der Waals surface area contributed by atoms with E-state index in [4.69, 9.17) is 5.73 Å². The van der Waals surface area contributed by atoms with E-state index in [1.807, 2.05) is 98.8 Å². The number of amides is 3. The highest BCUT2D eigenvalue weighted by molar-refractivity contribution is 6.04. The molecule has 1 aliphatic heterocycles. The zero-order valence-electron chi connectivity index (χ0n) is 23.9. The van der Waals surface area contributed by atoms with Gasteiger partial charge in [0.1, 0.15) is 6.04 Å². The number of rotatable bonds is 12. The van der Waals surface area contributed by atoms with Gasteiger partial charge in [-0.1, -0.05) is 80.6 Å². The van der Waals surface area contributed by atoms with Gasteiger partial charge in [-0.15, -0.1) is 6.58 Å². The second-order valence-corrected chi connectivity index (χ2v) is 11.0. The predicted octanol–water partition coefficient (Wildman–Crippen LogP) is 5.24. The highest BCUT2D eigenvalue weighted by Crippen LogP contribution is 2.37. The van der Waals surface area contributed by atoms with E-state index in [2.05, 4.69) is 16.8 Å². The largest absolute Gasteiger partial charge is 0.369 e. The molecule has 3 unspecified atom stereocenters. The van der Waals surface area contributed by atoms with Gasteiger partial charge in [-0.05, 0) is 55.0 Å². The van der Waals surface area contributed by atoms with Gasteiger partial charge in [0.15, 0.2) is 0 Å². The summed E-state index contributed by atoms with van der Waals surface area (Å²) in [7, 11) is 0. The Morgan fingerprint density at radius 2 is 1.56 bits per heavy atom. The van der Waals surface area contributed by atoms with Crippen molar-refractivity contribution in [2.24, 2.45) is 23.5 Å². The number of hydrogen-bond donors (Lipinski definition) is 2. The van der Waals surface area contributed by atoms with Crippen LogP contribution in [0.4, 0.5) is 17.1 Å². The molecule has 3 aromatic carbocycles. The van der Waals surface area contributed by atoms with Crippen LogP contribution in [0.3, 0.4) is 0 Å². The molecule has 0 aromatic heterocycles. The normalized spacial score (nSPS) is 16.5. The summed E-state index contributed by atoms with van der Waals surface area (Å²) in [5.41, 5.74) is 9.45. The summed E-state index contributed by atoms with van der Waals surface area (Å²) in [6, 6.07) is 26.9. The predicted molar refractivity (Wildman–Crippen MR) is 165 cm³/mol. The summed E-state index contributed by atoms with van der Waals surface area (Å²) in [6.07, 6.45) is 3.04. The minimum absolute atomic E-state index is 0.148. The van der Waals surface area contributed by atoms with Gasteiger partial charge >= 0.3 is 0 Å². The molecule has 41 heavy (non-hydrogen) atoms. The minimum Gasteiger partial charge on any atom is -0.369 e. The number of anilines is 3. The van der Waals surface area contributed by atoms with E-state index >= 15 is 0 Å². The van der Waals surface area contributed by atoms with E-state index in [1.54, 1.807) is 11.0 Å². The Kier molecular flexibility index (Phi) is 9.95. The molecule has 0 saturated heterocycles. The first-order chi connectivity index (χ1) is 19.8. The van der Waals surface area contributed by atoms with Gasteiger partial charge in [0, 0.05) is 12.2 Å². The lowest BCUT2D eigenvalue weighted by atomic mass is 9.82. The van der Waals surface area contributed by atoms with Crippen molar-refractivity contribution in [3.05, 3.63) is 103 Å². The third kappa shape index (κ3) is 7.23. The lowest BCUT2D eigenvalue weighted by Gasteiger charge is -2.30. The Morgan fingerprint density at radius 1 is 0.951 bits per heavy atom. The molecular formula is C34H40N4O3. The number of nitrogens with one attached hydrogen (secondary N) is 1. The first-order valence-electron chi connectivity index (χ1n) is 14.3. The molecule has 7 nitrogen and oxygen atoms in total. The van der Waals surface area contributed by atoms with Crippen LogP contribution in [0.2, 0.25) is 0 Å². The van der Waals surface area contributed by atoms with Gasteiger partial charge in [-0.3, -0.25) is 14.4 Å². The summed E-state index contributed by atoms with van der Waals surface area (Å²) < 4.78 is 0. The molecule has 7 heteroatoms. The van der Waals surface area contributed by atoms with E-state index in [0.29, 0.717) is 25.8 Å². The number of nitrogens with two attached hydrogens (primary N) is 1. The van der Waals surface area contributed by atoms with Crippen LogP contribution >= 0.6 is 0 Å². The average molecular weight is 553 g/mol. The molecule has 4 rings (SSSR count). The maximum absolute atomic E-state index is 14.3. The number of allylic oxidation sites excluding steroid dienone is 1. The molecule has 3 atom stereocenters. The quantitative estimate of drug-likeness (QED) is 0.301. The van der Waals surface area contributed by atoms with Crippen molar-refractivity contribution in [2.75, 3.05) is 22.9 Å². The van der Waals surface area contributed by atoms with E-state index in [0.717, 1.165) is 22.6 Å². The molecule has 0 saturated carbocycles. The standard InChI is InChI=1S/C34H40N4O3/c1-4-13-27(32(35)39)28(22-24(2)3)33(40)36-29-23-38(26-16-9-6-10-17-26)31-19-12-11-18-30(31)37(34(29)41)21-20-25-14-7-5-8-15-25/h4-12,14-19,24,27-29H,1,13,20-23H2,2-3H3,(H2,35,39)(H,36,40). The van der Waals surface area contributed by atoms with Crippen LogP contribution in [0, 0.1) is 17.8 Å². The Labute approximate surface area is 243 Å². The van der Waals surface area contributed by atoms with Crippen LogP contribution in [0.15, 0.2) is 97.6 Å². The number of carbonyl (C=O) groups is 3. The van der Waals surface area contributed by atoms with E-state index in [1.165, 1.54) is 0 Å². The zero-order chi connectivity index (χ0) is 29.4. The molecule has 1 aliphatic rings. The minimum atomic E-state index is -0.849. The monoisotopic (exact) mass is 552 g/mol. The molecule has 3 amide bonds. The van der Waals surface area contributed by atoms with E-state index in [-0.39, 0.29) is 24.3 Å². The number of carbonyl (C=O) groups excluding carboxylic acids is 3. The summed E-state index contributed by atoms with van der Waals surface area (Å²) in [6.45, 7) is 8.45. The van der Waals surface area contributed by atoms with Crippen molar-refractivity contribution in [3.63, 3.8) is 0 Å². The first kappa shape index (κ1) is 29.6. The van der Waals surface area contributed by atoms with Crippen LogP contribution in [0.1, 0.15) is 32.3 Å². The van der Waals surface area contributed by atoms with Crippen molar-refractivity contribution in [1.29, 1.82) is 0 Å². The second kappa shape index (κ2) is 13.8. The fourth-order valence-electron chi connectivity index (χ4n) is 5.56. The Bertz CT molecular complexity index is 1340. The van der Waals surface area contributed by atoms with E-state index in [9.17, 15) is 14.4 Å². The number of hydrogen-bond acceptors (Lipinski definition) is 4. The fourth-order valence-corrected chi connectivity index (χ4v) is 5.56. The number of primary amides is 1. The molecule has 0 bridgehead atoms. The SMILES string of the molecule is C=CCC(C(N)=O)C(CC(C)C)C(=O)NC1CN(c2ccccc2)c2ccccc2N(CCc2ccccc2)C1=O. The topological polar surface area (TPSA) is 95.7 Å². The van der Waals surface area contributed by atoms with Crippen LogP contribution in [-0.4, -0.2) is 36.9 Å². The van der Waals surface area contributed by atoms with Crippen LogP contribution in [-0.2, 0) is 20.8 Å². The van der Waals surface area contributed by atoms with Gasteiger partial charge in [-0.2, -0.15) is 0 Å². The van der Waals surface area contributed by atoms with Gasteiger partial charge in [0.2, 0.25) is 11.8 Å². The van der Waals surface area contributed by atoms with E-state index < -0.39 is 23.8 Å². The summed E-state index contributed by atoms with van der Waals surface area (Å²) in [5.74, 6) is -2.30. The third-order valence-corrected chi connectivity index (χ3v) is 7.58. The van der Waals surface area contributed by atoms with Gasteiger partial charge in [-0.25, -0.2) is 0 Å². The first-order valence-corrected chi connectivity index (χ1v) is 14.3. The number of nitrogens with zero attached hydrogens (tertiary/aromatic N) is 2. The Morgan fingerprint density at radius 3 is 2.17 bits per heavy atom. The molecule has 0 spiro atoms. The summed E-state index contributed by atoms with van der Waals surface area (Å²) in [4.78, 5) is 44.4. The van der Waals surface area contributed by atoms with Crippen LogP contribution < -0.4 is 20.9 Å². The molecule has 3 N–H and O–H groups in total. The lowest BCUT2D eigenvalue weighted by Crippen LogP contribution is -2.54. The van der Waals surface area contributed by atoms with Crippen LogP contribution in [0.5, 0.6) is 0 Å². The van der Waals surface area contributed by atoms with Gasteiger partial charge < -0.3 is 20.9 Å². The molecule has 0 radical (unpaired) electrons. The van der Waals surface area contributed by atoms with Crippen molar-refractivity contribution < 1.29 is 14.4 Å². The third-order valence-electron chi connectivity index (χ3n) is 7.58. The number of benzene rings is 3. The number of fused-ring (bicyclic) bond motifs is 1. The van der Waals surface area contributed by atoms with Gasteiger partial charge in [0.25, 0.3) is 5.91 Å². The highest BCUT2D eigenvalue weighted by Gasteiger charge is 2.38. The maximum Gasteiger partial charge on any atom is 0.251 e. The molecule has 3 aromatic rings. The fraction of sp³-hybridized carbons (Fsp3) is 0.324. The van der Waals surface area contributed by atoms with Crippen LogP contribution in [0.25, 0.3) is 0 Å². The van der Waals surface area contributed by atoms with Crippen molar-refractivity contribution >= 4 is 34.8 Å². The Hall–Kier alpha value is -4.39. The Balaban J connectivity index is 1.72. The summed E-state index contributed by atoms with van der Waals surface area (Å²) in [5, 5.41) is 3.06. The number of para-hydroxylation sites is 3. The molecule has 1 heterocycles. The smallest absolute Gasteiger partial charge is 0.251 e. The molecule has 0 fully saturated rings. The van der Waals surface area contributed by atoms with Crippen molar-refractivity contribution in [2.45, 2.75) is 39.2 Å². The lowest BCUT2D eigenvalue weighted by molar-refractivity contribution is -0.135. The molecule has 0 aliphatic carbocycles. The molecular weight excluding hydrogens is 512 g/mol. The van der Waals surface area contributed by atoms with Crippen molar-refractivity contribution in [1.82, 2.24) is 5.32 Å².